The molecule has 1 N–H and O–H groups in total. The molecule has 2 rings (SSSR count). The Kier molecular flexibility index (Phi) is 3.21. The number of hydrogen-bond donors (Lipinski definition) is 1. The van der Waals surface area contributed by atoms with Crippen molar-refractivity contribution in [2.24, 2.45) is 0 Å². The Labute approximate surface area is 105 Å². The van der Waals surface area contributed by atoms with Crippen LogP contribution < -0.4 is 0 Å². The minimum absolute atomic E-state index is 0.0897. The largest absolute Gasteiger partial charge is 0.465 e. The van der Waals surface area contributed by atoms with E-state index in [2.05, 4.69) is 0 Å². The minimum Gasteiger partial charge on any atom is -0.465 e. The van der Waals surface area contributed by atoms with Gasteiger partial charge in [-0.2, -0.15) is 13.2 Å². The van der Waals surface area contributed by atoms with Crippen LogP contribution in [-0.4, -0.2) is 22.6 Å². The molecule has 1 aromatic carbocycles. The van der Waals surface area contributed by atoms with E-state index in [0.29, 0.717) is 6.07 Å². The van der Waals surface area contributed by atoms with Crippen LogP contribution >= 0.6 is 0 Å². The molecule has 3 nitrogen and oxygen atoms in total. The van der Waals surface area contributed by atoms with Crippen molar-refractivity contribution in [3.05, 3.63) is 47.4 Å². The lowest BCUT2D eigenvalue weighted by Gasteiger charge is -2.15. The third-order valence-corrected chi connectivity index (χ3v) is 2.86. The highest BCUT2D eigenvalue weighted by atomic mass is 19.4. The zero-order valence-electron chi connectivity index (χ0n) is 9.49. The maximum Gasteiger partial charge on any atom is 0.416 e. The van der Waals surface area contributed by atoms with Gasteiger partial charge in [0.05, 0.1) is 5.56 Å². The molecular formula is C12H9F4NO2. The van der Waals surface area contributed by atoms with Crippen molar-refractivity contribution in [3.63, 3.8) is 0 Å². The zero-order valence-corrected chi connectivity index (χ0v) is 9.49. The Morgan fingerprint density at radius 1 is 1.37 bits per heavy atom. The van der Waals surface area contributed by atoms with E-state index in [4.69, 9.17) is 5.11 Å². The first kappa shape index (κ1) is 13.4. The topological polar surface area (TPSA) is 40.5 Å². The standard InChI is InChI=1S/C12H9F4NO2/c13-10-2-1-8(12(14,15)16)5-9(10)7-3-4-17(6-7)11(18)19/h1-5,7H,6H2,(H,18,19). The summed E-state index contributed by atoms with van der Waals surface area (Å²) in [5.74, 6) is -1.49. The summed E-state index contributed by atoms with van der Waals surface area (Å²) >= 11 is 0. The van der Waals surface area contributed by atoms with Gasteiger partial charge in [0.1, 0.15) is 5.82 Å². The van der Waals surface area contributed by atoms with Gasteiger partial charge in [-0.3, -0.25) is 4.90 Å². The SMILES string of the molecule is O=C(O)N1C=CC(c2cc(C(F)(F)F)ccc2F)C1. The molecule has 1 aromatic rings. The summed E-state index contributed by atoms with van der Waals surface area (Å²) in [5, 5.41) is 8.73. The Balaban J connectivity index is 2.31. The summed E-state index contributed by atoms with van der Waals surface area (Å²) in [6, 6.07) is 2.12. The zero-order chi connectivity index (χ0) is 14.2. The molecule has 1 aliphatic heterocycles. The van der Waals surface area contributed by atoms with E-state index in [-0.39, 0.29) is 12.1 Å². The van der Waals surface area contributed by atoms with Crippen molar-refractivity contribution >= 4 is 6.09 Å². The number of rotatable bonds is 1. The molecule has 0 saturated carbocycles. The number of alkyl halides is 3. The predicted octanol–water partition coefficient (Wildman–Crippen LogP) is 3.44. The molecule has 0 bridgehead atoms. The van der Waals surface area contributed by atoms with Crippen LogP contribution in [0, 0.1) is 5.82 Å². The van der Waals surface area contributed by atoms with E-state index in [1.807, 2.05) is 0 Å². The van der Waals surface area contributed by atoms with Crippen molar-refractivity contribution in [2.45, 2.75) is 12.1 Å². The lowest BCUT2D eigenvalue weighted by molar-refractivity contribution is -0.137. The van der Waals surface area contributed by atoms with Crippen molar-refractivity contribution in [1.82, 2.24) is 4.90 Å². The van der Waals surface area contributed by atoms with E-state index < -0.39 is 29.6 Å². The number of hydrogen-bond acceptors (Lipinski definition) is 1. The second-order valence-corrected chi connectivity index (χ2v) is 4.12. The van der Waals surface area contributed by atoms with Crippen LogP contribution in [0.4, 0.5) is 22.4 Å². The third kappa shape index (κ3) is 2.69. The first-order valence-electron chi connectivity index (χ1n) is 5.33. The number of halogens is 4. The van der Waals surface area contributed by atoms with Gasteiger partial charge in [0.25, 0.3) is 0 Å². The van der Waals surface area contributed by atoms with Crippen LogP contribution in [0.15, 0.2) is 30.5 Å². The van der Waals surface area contributed by atoms with E-state index >= 15 is 0 Å². The summed E-state index contributed by atoms with van der Waals surface area (Å²) in [4.78, 5) is 11.6. The molecule has 102 valence electrons. The number of benzene rings is 1. The average molecular weight is 275 g/mol. The maximum absolute atomic E-state index is 13.6. The lowest BCUT2D eigenvalue weighted by Crippen LogP contribution is -2.23. The van der Waals surface area contributed by atoms with Crippen LogP contribution in [-0.2, 0) is 6.18 Å². The minimum atomic E-state index is -4.56. The molecule has 0 spiro atoms. The summed E-state index contributed by atoms with van der Waals surface area (Å²) in [7, 11) is 0. The van der Waals surface area contributed by atoms with Gasteiger partial charge >= 0.3 is 12.3 Å². The van der Waals surface area contributed by atoms with Crippen molar-refractivity contribution in [1.29, 1.82) is 0 Å². The molecule has 1 amide bonds. The van der Waals surface area contributed by atoms with Crippen molar-refractivity contribution < 1.29 is 27.5 Å². The van der Waals surface area contributed by atoms with E-state index in [1.165, 1.54) is 12.3 Å². The Morgan fingerprint density at radius 3 is 2.58 bits per heavy atom. The van der Waals surface area contributed by atoms with Crippen molar-refractivity contribution in [2.75, 3.05) is 6.54 Å². The molecule has 0 aliphatic carbocycles. The Morgan fingerprint density at radius 2 is 2.05 bits per heavy atom. The van der Waals surface area contributed by atoms with Gasteiger partial charge in [-0.1, -0.05) is 6.08 Å². The molecule has 7 heteroatoms. The second-order valence-electron chi connectivity index (χ2n) is 4.12. The van der Waals surface area contributed by atoms with E-state index in [1.54, 1.807) is 0 Å². The predicted molar refractivity (Wildman–Crippen MR) is 58.0 cm³/mol. The second kappa shape index (κ2) is 4.56. The Bertz CT molecular complexity index is 539. The van der Waals surface area contributed by atoms with Crippen LogP contribution in [0.5, 0.6) is 0 Å². The van der Waals surface area contributed by atoms with Gasteiger partial charge in [-0.15, -0.1) is 0 Å². The quantitative estimate of drug-likeness (QED) is 0.797. The van der Waals surface area contributed by atoms with Crippen LogP contribution in [0.25, 0.3) is 0 Å². The van der Waals surface area contributed by atoms with E-state index in [0.717, 1.165) is 17.0 Å². The molecule has 19 heavy (non-hydrogen) atoms. The van der Waals surface area contributed by atoms with Gasteiger partial charge in [0.2, 0.25) is 0 Å². The molecule has 0 fully saturated rings. The maximum atomic E-state index is 13.6. The number of carboxylic acid groups (broad SMARTS) is 1. The van der Waals surface area contributed by atoms with Gasteiger partial charge in [-0.05, 0) is 23.8 Å². The highest BCUT2D eigenvalue weighted by molar-refractivity contribution is 5.67. The fourth-order valence-electron chi connectivity index (χ4n) is 1.89. The Hall–Kier alpha value is -2.05. The fourth-order valence-corrected chi connectivity index (χ4v) is 1.89. The number of amides is 1. The first-order valence-corrected chi connectivity index (χ1v) is 5.33. The van der Waals surface area contributed by atoms with Gasteiger partial charge < -0.3 is 5.11 Å². The summed E-state index contributed by atoms with van der Waals surface area (Å²) in [5.41, 5.74) is -1.11. The summed E-state index contributed by atoms with van der Waals surface area (Å²) in [6.07, 6.45) is -3.21. The van der Waals surface area contributed by atoms with Gasteiger partial charge in [0, 0.05) is 18.7 Å². The van der Waals surface area contributed by atoms with Gasteiger partial charge in [0.15, 0.2) is 0 Å². The first-order chi connectivity index (χ1) is 8.79. The molecule has 0 aromatic heterocycles. The smallest absolute Gasteiger partial charge is 0.416 e. The lowest BCUT2D eigenvalue weighted by atomic mass is 9.97. The molecule has 1 heterocycles. The molecule has 1 aliphatic rings. The normalized spacial score (nSPS) is 18.9. The summed E-state index contributed by atoms with van der Waals surface area (Å²) < 4.78 is 51.2. The molecule has 0 radical (unpaired) electrons. The van der Waals surface area contributed by atoms with Crippen LogP contribution in [0.1, 0.15) is 17.0 Å². The molecule has 1 unspecified atom stereocenters. The fraction of sp³-hybridized carbons (Fsp3) is 0.250. The highest BCUT2D eigenvalue weighted by Crippen LogP contribution is 2.34. The third-order valence-electron chi connectivity index (χ3n) is 2.86. The summed E-state index contributed by atoms with van der Waals surface area (Å²) in [6.45, 7) is -0.0897. The van der Waals surface area contributed by atoms with E-state index in [9.17, 15) is 22.4 Å². The number of nitrogens with zero attached hydrogens (tertiary/aromatic N) is 1. The molecular weight excluding hydrogens is 266 g/mol. The molecule has 1 atom stereocenters. The average Bonchev–Trinajstić information content (AvgIpc) is 2.77. The van der Waals surface area contributed by atoms with Crippen LogP contribution in [0.2, 0.25) is 0 Å². The monoisotopic (exact) mass is 275 g/mol. The number of carbonyl (C=O) groups is 1. The highest BCUT2D eigenvalue weighted by Gasteiger charge is 2.32. The van der Waals surface area contributed by atoms with Crippen LogP contribution in [0.3, 0.4) is 0 Å². The van der Waals surface area contributed by atoms with Crippen molar-refractivity contribution in [3.8, 4) is 0 Å². The molecule has 0 saturated heterocycles. The van der Waals surface area contributed by atoms with Gasteiger partial charge in [-0.25, -0.2) is 9.18 Å².